The van der Waals surface area contributed by atoms with Gasteiger partial charge in [-0.05, 0) is 195 Å². The van der Waals surface area contributed by atoms with E-state index in [1.165, 1.54) is 153 Å². The number of carbonyl (C=O) groups is 1. The van der Waals surface area contributed by atoms with Gasteiger partial charge in [0.25, 0.3) is 11.6 Å². The summed E-state index contributed by atoms with van der Waals surface area (Å²) in [4.78, 5) is 65.4. The second-order valence-electron chi connectivity index (χ2n) is 29.6. The largest absolute Gasteiger partial charge is 0.508 e. The van der Waals surface area contributed by atoms with Crippen LogP contribution < -0.4 is 24.4 Å². The lowest BCUT2D eigenvalue weighted by atomic mass is 9.80. The summed E-state index contributed by atoms with van der Waals surface area (Å²) >= 11 is 11.6. The van der Waals surface area contributed by atoms with Gasteiger partial charge in [-0.1, -0.05) is 98.6 Å². The number of nitrogens with two attached hydrogens (primary N) is 2. The van der Waals surface area contributed by atoms with E-state index in [9.17, 15) is 107 Å². The summed E-state index contributed by atoms with van der Waals surface area (Å²) in [6.07, 6.45) is 21.7. The smallest absolute Gasteiger partial charge is 0.305 e. The number of rotatable bonds is 17. The second-order valence-corrected chi connectivity index (χ2v) is 38.9. The Bertz CT molecular complexity index is 5410. The monoisotopic (exact) mass is 1820 g/mol. The van der Waals surface area contributed by atoms with Crippen molar-refractivity contribution < 1.29 is 85.8 Å². The number of phenolic OH excluding ortho intramolecular Hbond substituents is 1. The molecule has 662 valence electrons. The molecule has 1 amide bonds. The van der Waals surface area contributed by atoms with Crippen LogP contribution >= 0.6 is 23.2 Å². The number of nitro benzene ring substituents is 5. The van der Waals surface area contributed by atoms with Crippen LogP contribution in [0.4, 0.5) is 74.4 Å². The highest BCUT2D eigenvalue weighted by Crippen LogP contribution is 2.44. The summed E-state index contributed by atoms with van der Waals surface area (Å²) in [6.45, 7) is 3.77. The summed E-state index contributed by atoms with van der Waals surface area (Å²) in [7, 11) is -6.58. The van der Waals surface area contributed by atoms with Crippen molar-refractivity contribution in [1.29, 1.82) is 0 Å². The highest BCUT2D eigenvalue weighted by Gasteiger charge is 2.32. The van der Waals surface area contributed by atoms with Crippen molar-refractivity contribution in [2.75, 3.05) is 83.3 Å². The van der Waals surface area contributed by atoms with Crippen LogP contribution in [-0.2, 0) is 46.5 Å². The number of nitrogen functional groups attached to an aromatic ring is 2. The average Bonchev–Trinajstić information content (AvgIpc) is 1.66. The number of nitrogens with zero attached hydrogens (tertiary/aromatic N) is 10. The molecule has 8 aromatic rings. The quantitative estimate of drug-likeness (QED) is 0.0250. The first kappa shape index (κ1) is 99.9. The van der Waals surface area contributed by atoms with Crippen molar-refractivity contribution >= 4 is 126 Å². The van der Waals surface area contributed by atoms with Crippen molar-refractivity contribution in [3.05, 3.63) is 262 Å². The molecule has 7 aromatic carbocycles. The third kappa shape index (κ3) is 28.6. The Kier molecular flexibility index (Phi) is 35.8. The minimum absolute atomic E-state index is 0.0934. The van der Waals surface area contributed by atoms with E-state index in [2.05, 4.69) is 4.98 Å². The molecule has 0 unspecified atom stereocenters. The Hall–Kier alpha value is -10.9. The van der Waals surface area contributed by atoms with E-state index in [1.54, 1.807) is 62.2 Å². The molecule has 0 bridgehead atoms. The molecule has 1 aliphatic heterocycles. The number of halogens is 6. The van der Waals surface area contributed by atoms with E-state index in [0.717, 1.165) is 96.5 Å². The number of hydrogen-bond donors (Lipinski definition) is 3. The highest BCUT2D eigenvalue weighted by atomic mass is 35.5. The summed E-state index contributed by atoms with van der Waals surface area (Å²) in [5.74, 6) is -1.08. The third-order valence-corrected chi connectivity index (χ3v) is 26.1. The SMILES string of the molecule is CCS(C)(=O)=O.CN(c1cc(C2CCC2)ccc1N)S(C)(=O)=O.CN(c1cc(C2CCC2)ccc1N)S(C)(=O)=O.CN(c1cc(C2CCC2)ccc1[N+](=O)[O-])S(C)(=O)=O.CN1Cc2nc(Cl)cc(Cl)c2C1=O.Cc1ccc([N+](=O)[O-])c(F)c1.O=[N+]([O-])c1ccc(C2CCC2)cc1F.O=[N+]([O-])c1ccc(C2CCC2)cc1F.O=[N+]([O-])c1ccc(O)cc1F. The maximum absolute atomic E-state index is 13.2. The Balaban J connectivity index is 0.000000215. The van der Waals surface area contributed by atoms with Crippen LogP contribution in [0.2, 0.25) is 10.2 Å². The van der Waals surface area contributed by atoms with Crippen LogP contribution in [0.25, 0.3) is 0 Å². The molecule has 2 heterocycles. The van der Waals surface area contributed by atoms with Gasteiger partial charge in [-0.15, -0.1) is 0 Å². The van der Waals surface area contributed by atoms with Crippen molar-refractivity contribution in [2.45, 2.75) is 146 Å². The van der Waals surface area contributed by atoms with Crippen LogP contribution in [0.15, 0.2) is 133 Å². The number of pyridine rings is 1. The molecule has 0 radical (unpaired) electrons. The van der Waals surface area contributed by atoms with Crippen LogP contribution in [0.3, 0.4) is 0 Å². The Morgan fingerprint density at radius 1 is 0.451 bits per heavy atom. The van der Waals surface area contributed by atoms with E-state index in [4.69, 9.17) is 39.8 Å². The highest BCUT2D eigenvalue weighted by molar-refractivity contribution is 7.92. The van der Waals surface area contributed by atoms with Gasteiger partial charge >= 0.3 is 22.7 Å². The van der Waals surface area contributed by atoms with Gasteiger partial charge in [0.2, 0.25) is 53.3 Å². The molecule has 0 saturated heterocycles. The maximum atomic E-state index is 13.2. The Morgan fingerprint density at radius 3 is 1.02 bits per heavy atom. The van der Waals surface area contributed by atoms with Crippen molar-refractivity contribution in [3.8, 4) is 5.75 Å². The number of aromatic nitrogens is 1. The van der Waals surface area contributed by atoms with E-state index < -0.39 is 111 Å². The zero-order valence-corrected chi connectivity index (χ0v) is 73.1. The Labute approximate surface area is 714 Å². The molecule has 0 atom stereocenters. The predicted octanol–water partition coefficient (Wildman–Crippen LogP) is 17.6. The standard InChI is InChI=1S/C12H16N2O4S.2C12H18N2O2S.2C10H10FNO2.C8H6Cl2N2O.C7H6FNO2.C6H4FNO3.C3H8O2S/c1-13(19(2,17)18)12-8-10(9-4-3-5-9)6-7-11(12)14(15)16;2*1-14(17(2,15)16)12-8-10(6-7-11(12)13)9-4-3-5-9;2*11-9-6-8(7-2-1-3-7)4-5-10(9)12(13)14;1-12-3-5-7(8(12)13)4(9)2-6(10)11-5;1-5-2-3-7(9(10)11)6(8)4-5;7-5-3-4(9)1-2-6(5)8(10)11;1-3-6(2,4)5/h6-9H,3-5H2,1-2H3;2*6-9H,3-5,13H2,1-2H3;2*4-7H,1-3H2;2H,3H2,1H3;2-4H,1H3;1-3,9H;3H2,1-2H3. The first-order valence-electron chi connectivity index (χ1n) is 37.9. The van der Waals surface area contributed by atoms with Crippen molar-refractivity contribution in [3.63, 3.8) is 0 Å². The van der Waals surface area contributed by atoms with Gasteiger partial charge in [-0.2, -0.15) is 17.6 Å². The number of hydrogen-bond acceptors (Lipinski definition) is 23. The van der Waals surface area contributed by atoms with E-state index in [-0.39, 0.29) is 28.8 Å². The number of sulfonamides is 3. The number of nitro groups is 5. The first-order valence-corrected chi connectivity index (χ1v) is 46.3. The average molecular weight is 1820 g/mol. The maximum Gasteiger partial charge on any atom is 0.305 e. The van der Waals surface area contributed by atoms with E-state index in [1.807, 2.05) is 24.3 Å². The zero-order chi connectivity index (χ0) is 91.4. The molecule has 0 spiro atoms. The third-order valence-electron chi connectivity index (χ3n) is 20.9. The molecule has 32 nitrogen and oxygen atoms in total. The molecule has 5 N–H and O–H groups in total. The molecule has 1 aromatic heterocycles. The number of fused-ring (bicyclic) bond motifs is 1. The van der Waals surface area contributed by atoms with Gasteiger partial charge in [0.15, 0.2) is 0 Å². The van der Waals surface area contributed by atoms with Crippen LogP contribution in [0.5, 0.6) is 5.75 Å². The number of benzene rings is 7. The van der Waals surface area contributed by atoms with Gasteiger partial charge in [0.1, 0.15) is 26.4 Å². The van der Waals surface area contributed by atoms with Gasteiger partial charge in [0, 0.05) is 76.6 Å². The minimum Gasteiger partial charge on any atom is -0.508 e. The number of sulfone groups is 1. The molecule has 5 fully saturated rings. The van der Waals surface area contributed by atoms with Crippen molar-refractivity contribution in [2.24, 2.45) is 0 Å². The minimum atomic E-state index is -3.51. The summed E-state index contributed by atoms with van der Waals surface area (Å²) in [5, 5.41) is 61.2. The predicted molar refractivity (Wildman–Crippen MR) is 462 cm³/mol. The topological polar surface area (TPSA) is 467 Å². The van der Waals surface area contributed by atoms with Gasteiger partial charge < -0.3 is 21.5 Å². The van der Waals surface area contributed by atoms with Gasteiger partial charge in [0.05, 0.1) is 89.0 Å². The molecule has 5 aliphatic carbocycles. The number of carbonyl (C=O) groups excluding carboxylic acids is 1. The molecular formula is C80H96Cl2F4N12O20S4. The number of phenols is 1. The first-order chi connectivity index (χ1) is 56.8. The fraction of sp³-hybridized carbons (Fsp3) is 0.400. The molecule has 6 aliphatic rings. The Morgan fingerprint density at radius 2 is 0.730 bits per heavy atom. The molecule has 42 heteroatoms. The van der Waals surface area contributed by atoms with Crippen molar-refractivity contribution in [1.82, 2.24) is 9.88 Å². The summed E-state index contributed by atoms with van der Waals surface area (Å²) < 4.78 is 144. The lowest BCUT2D eigenvalue weighted by Crippen LogP contribution is -2.26. The molecule has 5 saturated carbocycles. The lowest BCUT2D eigenvalue weighted by molar-refractivity contribution is -0.387. The van der Waals surface area contributed by atoms with Gasteiger partial charge in [-0.25, -0.2) is 38.7 Å². The van der Waals surface area contributed by atoms with Crippen LogP contribution in [-0.4, -0.2) is 138 Å². The number of aromatic hydroxyl groups is 1. The fourth-order valence-electron chi connectivity index (χ4n) is 12.2. The van der Waals surface area contributed by atoms with Crippen LogP contribution in [0, 0.1) is 80.8 Å². The molecule has 14 rings (SSSR count). The zero-order valence-electron chi connectivity index (χ0n) is 68.3. The second kappa shape index (κ2) is 43.7. The van der Waals surface area contributed by atoms with Gasteiger partial charge in [-0.3, -0.25) is 68.3 Å². The molecule has 122 heavy (non-hydrogen) atoms. The lowest BCUT2D eigenvalue weighted by Gasteiger charge is -2.27. The van der Waals surface area contributed by atoms with Crippen LogP contribution in [0.1, 0.15) is 182 Å². The summed E-state index contributed by atoms with van der Waals surface area (Å²) in [5.41, 5.74) is 18.8. The normalized spacial score (nSPS) is 14.8. The van der Waals surface area contributed by atoms with E-state index >= 15 is 0 Å². The van der Waals surface area contributed by atoms with E-state index in [0.29, 0.717) is 91.9 Å². The number of amides is 1. The fourth-order valence-corrected chi connectivity index (χ4v) is 14.3. The summed E-state index contributed by atoms with van der Waals surface area (Å²) in [6, 6.07) is 32.5. The number of aryl methyl sites for hydroxylation is 1. The number of anilines is 5. The molecular weight excluding hydrogens is 1720 g/mol.